The second-order valence-corrected chi connectivity index (χ2v) is 10.6. The number of ether oxygens (including phenoxy) is 2. The number of carbonyl (C=O) groups is 1. The fourth-order valence-corrected chi connectivity index (χ4v) is 5.41. The van der Waals surface area contributed by atoms with Gasteiger partial charge in [-0.05, 0) is 43.5 Å². The first-order valence-corrected chi connectivity index (χ1v) is 12.8. The summed E-state index contributed by atoms with van der Waals surface area (Å²) < 4.78 is 38.5. The van der Waals surface area contributed by atoms with E-state index in [1.165, 1.54) is 4.31 Å². The number of carbonyl (C=O) groups excluding carboxylic acids is 1. The maximum Gasteiger partial charge on any atom is 0.263 e. The Morgan fingerprint density at radius 1 is 1.16 bits per heavy atom. The number of benzene rings is 2. The molecular formula is C24H30N2O5S. The van der Waals surface area contributed by atoms with E-state index >= 15 is 0 Å². The Hall–Kier alpha value is -2.74. The maximum atomic E-state index is 13.3. The Bertz CT molecular complexity index is 1130. The van der Waals surface area contributed by atoms with Crippen molar-refractivity contribution >= 4 is 21.6 Å². The average Bonchev–Trinajstić information content (AvgIpc) is 2.77. The lowest BCUT2D eigenvalue weighted by Gasteiger charge is -2.42. The second kappa shape index (κ2) is 8.31. The van der Waals surface area contributed by atoms with Crippen LogP contribution in [0.3, 0.4) is 0 Å². The molecule has 32 heavy (non-hydrogen) atoms. The number of fused-ring (bicyclic) bond motifs is 2. The fourth-order valence-electron chi connectivity index (χ4n) is 4.51. The monoisotopic (exact) mass is 458 g/mol. The minimum absolute atomic E-state index is 0.0707. The molecule has 2 heterocycles. The van der Waals surface area contributed by atoms with E-state index in [9.17, 15) is 13.2 Å². The number of aryl methyl sites for hydroxylation is 1. The molecule has 2 aromatic rings. The number of sulfonamides is 1. The quantitative estimate of drug-likeness (QED) is 0.738. The standard InChI is InChI=1S/C24H30N2O5S/c1-5-24(6-2)14-18(17-9-7-8-10-20(17)31-24)25-23(27)22-15-26(32(4,28)29)19-13-16(3)11-12-21(19)30-22/h7-13,18,22H,5-6,14-15H2,1-4H3,(H,25,27)/t18-,22+/m1/s1. The molecule has 0 fully saturated rings. The molecule has 172 valence electrons. The van der Waals surface area contributed by atoms with Crippen LogP contribution in [0, 0.1) is 6.92 Å². The summed E-state index contributed by atoms with van der Waals surface area (Å²) in [4.78, 5) is 13.3. The van der Waals surface area contributed by atoms with Gasteiger partial charge in [0.25, 0.3) is 5.91 Å². The van der Waals surface area contributed by atoms with Crippen LogP contribution in [0.1, 0.15) is 50.3 Å². The summed E-state index contributed by atoms with van der Waals surface area (Å²) >= 11 is 0. The van der Waals surface area contributed by atoms with Gasteiger partial charge in [0.2, 0.25) is 10.0 Å². The Morgan fingerprint density at radius 3 is 2.56 bits per heavy atom. The molecule has 2 aliphatic rings. The molecule has 7 nitrogen and oxygen atoms in total. The molecule has 0 spiro atoms. The van der Waals surface area contributed by atoms with Crippen molar-refractivity contribution in [2.75, 3.05) is 17.1 Å². The van der Waals surface area contributed by atoms with Gasteiger partial charge in [-0.3, -0.25) is 9.10 Å². The maximum absolute atomic E-state index is 13.3. The molecule has 0 saturated carbocycles. The SMILES string of the molecule is CCC1(CC)C[C@@H](NC(=O)[C@@H]2CN(S(C)(=O)=O)c3cc(C)ccc3O2)c2ccccc2O1. The van der Waals surface area contributed by atoms with E-state index in [0.29, 0.717) is 17.9 Å². The van der Waals surface area contributed by atoms with Crippen LogP contribution in [-0.2, 0) is 14.8 Å². The normalized spacial score (nSPS) is 21.6. The highest BCUT2D eigenvalue weighted by atomic mass is 32.2. The first-order chi connectivity index (χ1) is 15.2. The number of para-hydroxylation sites is 1. The Morgan fingerprint density at radius 2 is 1.88 bits per heavy atom. The van der Waals surface area contributed by atoms with Crippen LogP contribution in [0.15, 0.2) is 42.5 Å². The molecule has 0 aromatic heterocycles. The van der Waals surface area contributed by atoms with E-state index in [2.05, 4.69) is 19.2 Å². The molecule has 4 rings (SSSR count). The number of nitrogens with zero attached hydrogens (tertiary/aromatic N) is 1. The largest absolute Gasteiger partial charge is 0.487 e. The first kappa shape index (κ1) is 22.5. The summed E-state index contributed by atoms with van der Waals surface area (Å²) in [5, 5.41) is 3.12. The third kappa shape index (κ3) is 4.16. The van der Waals surface area contributed by atoms with Crippen LogP contribution in [-0.4, -0.2) is 38.8 Å². The number of hydrogen-bond donors (Lipinski definition) is 1. The van der Waals surface area contributed by atoms with E-state index < -0.39 is 16.1 Å². The number of anilines is 1. The lowest BCUT2D eigenvalue weighted by molar-refractivity contribution is -0.129. The predicted molar refractivity (Wildman–Crippen MR) is 124 cm³/mol. The van der Waals surface area contributed by atoms with Gasteiger partial charge in [0, 0.05) is 12.0 Å². The van der Waals surface area contributed by atoms with Crippen LogP contribution in [0.4, 0.5) is 5.69 Å². The third-order valence-electron chi connectivity index (χ3n) is 6.48. The van der Waals surface area contributed by atoms with Gasteiger partial charge in [-0.25, -0.2) is 8.42 Å². The summed E-state index contributed by atoms with van der Waals surface area (Å²) in [6, 6.07) is 12.8. The Labute approximate surface area is 189 Å². The van der Waals surface area contributed by atoms with Gasteiger partial charge < -0.3 is 14.8 Å². The van der Waals surface area contributed by atoms with Crippen molar-refractivity contribution in [2.45, 2.75) is 57.8 Å². The number of nitrogens with one attached hydrogen (secondary N) is 1. The van der Waals surface area contributed by atoms with Crippen molar-refractivity contribution in [3.63, 3.8) is 0 Å². The van der Waals surface area contributed by atoms with Crippen molar-refractivity contribution in [1.29, 1.82) is 0 Å². The van der Waals surface area contributed by atoms with Gasteiger partial charge in [-0.2, -0.15) is 0 Å². The molecular weight excluding hydrogens is 428 g/mol. The Kier molecular flexibility index (Phi) is 5.83. The van der Waals surface area contributed by atoms with Crippen molar-refractivity contribution in [3.8, 4) is 11.5 Å². The molecule has 0 aliphatic carbocycles. The molecule has 2 atom stereocenters. The summed E-state index contributed by atoms with van der Waals surface area (Å²) in [6.07, 6.45) is 2.47. The van der Waals surface area contributed by atoms with E-state index in [4.69, 9.17) is 9.47 Å². The summed E-state index contributed by atoms with van der Waals surface area (Å²) in [5.74, 6) is 0.819. The third-order valence-corrected chi connectivity index (χ3v) is 7.63. The second-order valence-electron chi connectivity index (χ2n) is 8.67. The molecule has 0 radical (unpaired) electrons. The summed E-state index contributed by atoms with van der Waals surface area (Å²) in [7, 11) is -3.58. The van der Waals surface area contributed by atoms with E-state index in [1.807, 2.05) is 37.3 Å². The van der Waals surface area contributed by atoms with Gasteiger partial charge in [0.05, 0.1) is 24.5 Å². The smallest absolute Gasteiger partial charge is 0.263 e. The lowest BCUT2D eigenvalue weighted by atomic mass is 9.83. The molecule has 1 amide bonds. The number of rotatable bonds is 5. The van der Waals surface area contributed by atoms with Crippen molar-refractivity contribution in [1.82, 2.24) is 5.32 Å². The predicted octanol–water partition coefficient (Wildman–Crippen LogP) is 3.72. The first-order valence-electron chi connectivity index (χ1n) is 11.0. The van der Waals surface area contributed by atoms with Crippen LogP contribution in [0.25, 0.3) is 0 Å². The lowest BCUT2D eigenvalue weighted by Crippen LogP contribution is -2.52. The molecule has 8 heteroatoms. The molecule has 0 unspecified atom stereocenters. The fraction of sp³-hybridized carbons (Fsp3) is 0.458. The van der Waals surface area contributed by atoms with E-state index in [0.717, 1.165) is 36.0 Å². The highest BCUT2D eigenvalue weighted by Crippen LogP contribution is 2.43. The molecule has 0 saturated heterocycles. The van der Waals surface area contributed by atoms with Gasteiger partial charge >= 0.3 is 0 Å². The zero-order valence-corrected chi connectivity index (χ0v) is 19.7. The van der Waals surface area contributed by atoms with Crippen LogP contribution in [0.2, 0.25) is 0 Å². The van der Waals surface area contributed by atoms with Crippen molar-refractivity contribution in [3.05, 3.63) is 53.6 Å². The van der Waals surface area contributed by atoms with E-state index in [-0.39, 0.29) is 24.1 Å². The molecule has 0 bridgehead atoms. The summed E-state index contributed by atoms with van der Waals surface area (Å²) in [6.45, 7) is 5.99. The van der Waals surface area contributed by atoms with Crippen LogP contribution < -0.4 is 19.1 Å². The van der Waals surface area contributed by atoms with Crippen molar-refractivity contribution < 1.29 is 22.7 Å². The van der Waals surface area contributed by atoms with Gasteiger partial charge in [0.15, 0.2) is 6.10 Å². The molecule has 2 aromatic carbocycles. The summed E-state index contributed by atoms with van der Waals surface area (Å²) in [5.41, 5.74) is 1.94. The zero-order valence-electron chi connectivity index (χ0n) is 18.9. The van der Waals surface area contributed by atoms with E-state index in [1.54, 1.807) is 12.1 Å². The number of hydrogen-bond acceptors (Lipinski definition) is 5. The minimum Gasteiger partial charge on any atom is -0.487 e. The topological polar surface area (TPSA) is 84.9 Å². The highest BCUT2D eigenvalue weighted by molar-refractivity contribution is 7.92. The Balaban J connectivity index is 1.62. The molecule has 1 N–H and O–H groups in total. The van der Waals surface area contributed by atoms with Gasteiger partial charge in [-0.15, -0.1) is 0 Å². The zero-order chi connectivity index (χ0) is 23.1. The van der Waals surface area contributed by atoms with Gasteiger partial charge in [-0.1, -0.05) is 38.1 Å². The minimum atomic E-state index is -3.58. The van der Waals surface area contributed by atoms with Gasteiger partial charge in [0.1, 0.15) is 17.1 Å². The average molecular weight is 459 g/mol. The van der Waals surface area contributed by atoms with Crippen molar-refractivity contribution in [2.24, 2.45) is 0 Å². The van der Waals surface area contributed by atoms with Crippen LogP contribution >= 0.6 is 0 Å². The van der Waals surface area contributed by atoms with Crippen LogP contribution in [0.5, 0.6) is 11.5 Å². The molecule has 2 aliphatic heterocycles. The number of amides is 1. The highest BCUT2D eigenvalue weighted by Gasteiger charge is 2.41.